The fourth-order valence-electron chi connectivity index (χ4n) is 1.83. The van der Waals surface area contributed by atoms with Crippen molar-refractivity contribution in [1.82, 2.24) is 25.1 Å². The van der Waals surface area contributed by atoms with Crippen LogP contribution in [0.1, 0.15) is 12.8 Å². The predicted molar refractivity (Wildman–Crippen MR) is 70.8 cm³/mol. The highest BCUT2D eigenvalue weighted by Gasteiger charge is 2.26. The first-order chi connectivity index (χ1) is 9.16. The molecule has 0 aromatic carbocycles. The highest BCUT2D eigenvalue weighted by Crippen LogP contribution is 2.23. The molecule has 19 heavy (non-hydrogen) atoms. The van der Waals surface area contributed by atoms with E-state index >= 15 is 0 Å². The average molecular weight is 285 g/mol. The lowest BCUT2D eigenvalue weighted by molar-refractivity contribution is -0.141. The molecular weight excluding hydrogens is 266 g/mol. The topological polar surface area (TPSA) is 73.1 Å². The van der Waals surface area contributed by atoms with Gasteiger partial charge in [-0.15, -0.1) is 5.10 Å². The van der Waals surface area contributed by atoms with E-state index in [2.05, 4.69) is 20.4 Å². The van der Waals surface area contributed by atoms with Crippen molar-refractivity contribution >= 4 is 17.7 Å². The second kappa shape index (κ2) is 6.85. The summed E-state index contributed by atoms with van der Waals surface area (Å²) in [6.45, 7) is 2.23. The number of ether oxygens (including phenoxy) is 1. The van der Waals surface area contributed by atoms with Crippen LogP contribution in [0.5, 0.6) is 0 Å². The number of hydrogen-bond donors (Lipinski definition) is 0. The minimum Gasteiger partial charge on any atom is -0.465 e. The lowest BCUT2D eigenvalue weighted by Gasteiger charge is -2.10. The molecule has 7 nitrogen and oxygen atoms in total. The van der Waals surface area contributed by atoms with Crippen molar-refractivity contribution in [2.45, 2.75) is 24.5 Å². The number of cyclic esters (lactones) is 1. The molecule has 0 radical (unpaired) electrons. The number of carbonyl (C=O) groups excluding carboxylic acids is 1. The zero-order valence-corrected chi connectivity index (χ0v) is 12.1. The summed E-state index contributed by atoms with van der Waals surface area (Å²) in [5.74, 6) is 0.827. The van der Waals surface area contributed by atoms with E-state index in [0.29, 0.717) is 6.61 Å². The van der Waals surface area contributed by atoms with Gasteiger partial charge in [0, 0.05) is 12.3 Å². The zero-order chi connectivity index (χ0) is 13.7. The number of hydrogen-bond acceptors (Lipinski definition) is 7. The monoisotopic (exact) mass is 285 g/mol. The Bertz CT molecular complexity index is 423. The lowest BCUT2D eigenvalue weighted by atomic mass is 10.1. The van der Waals surface area contributed by atoms with Gasteiger partial charge in [-0.05, 0) is 37.4 Å². The Balaban J connectivity index is 1.76. The Hall–Kier alpha value is -1.15. The van der Waals surface area contributed by atoms with Crippen LogP contribution >= 0.6 is 11.8 Å². The van der Waals surface area contributed by atoms with Crippen LogP contribution in [0.25, 0.3) is 0 Å². The van der Waals surface area contributed by atoms with Crippen LogP contribution in [0.2, 0.25) is 0 Å². The van der Waals surface area contributed by atoms with Gasteiger partial charge in [0.2, 0.25) is 5.16 Å². The summed E-state index contributed by atoms with van der Waals surface area (Å²) < 4.78 is 6.75. The molecule has 0 aliphatic carbocycles. The zero-order valence-electron chi connectivity index (χ0n) is 11.3. The molecule has 2 rings (SSSR count). The second-order valence-electron chi connectivity index (χ2n) is 4.78. The van der Waals surface area contributed by atoms with Gasteiger partial charge >= 0.3 is 5.97 Å². The summed E-state index contributed by atoms with van der Waals surface area (Å²) in [4.78, 5) is 13.4. The Morgan fingerprint density at radius 1 is 1.53 bits per heavy atom. The molecule has 1 aromatic rings. The maximum atomic E-state index is 11.3. The minimum absolute atomic E-state index is 0.0543. The minimum atomic E-state index is -0.0622. The summed E-state index contributed by atoms with van der Waals surface area (Å²) in [6, 6.07) is 0. The quantitative estimate of drug-likeness (QED) is 0.526. The summed E-state index contributed by atoms with van der Waals surface area (Å²) >= 11 is 1.59. The van der Waals surface area contributed by atoms with E-state index < -0.39 is 0 Å². The van der Waals surface area contributed by atoms with E-state index in [4.69, 9.17) is 4.74 Å². The SMILES string of the molecule is CN(C)CCn1nnnc1SCCC1CCOC1=O. The average Bonchev–Trinajstić information content (AvgIpc) is 2.97. The summed E-state index contributed by atoms with van der Waals surface area (Å²) in [7, 11) is 4.03. The van der Waals surface area contributed by atoms with Gasteiger partial charge in [-0.1, -0.05) is 11.8 Å². The lowest BCUT2D eigenvalue weighted by Crippen LogP contribution is -2.19. The first kappa shape index (κ1) is 14.3. The second-order valence-corrected chi connectivity index (χ2v) is 5.84. The standard InChI is InChI=1S/C11H19N5O2S/c1-15(2)5-6-16-11(12-13-14-16)19-8-4-9-3-7-18-10(9)17/h9H,3-8H2,1-2H3. The van der Waals surface area contributed by atoms with Gasteiger partial charge in [-0.3, -0.25) is 4.79 Å². The summed E-state index contributed by atoms with van der Waals surface area (Å²) in [6.07, 6.45) is 1.66. The van der Waals surface area contributed by atoms with Gasteiger partial charge in [-0.2, -0.15) is 0 Å². The van der Waals surface area contributed by atoms with E-state index in [9.17, 15) is 4.79 Å². The number of esters is 1. The molecule has 2 heterocycles. The van der Waals surface area contributed by atoms with Crippen LogP contribution in [0.4, 0.5) is 0 Å². The maximum absolute atomic E-state index is 11.3. The highest BCUT2D eigenvalue weighted by atomic mass is 32.2. The van der Waals surface area contributed by atoms with Gasteiger partial charge in [0.05, 0.1) is 19.1 Å². The third-order valence-electron chi connectivity index (χ3n) is 3.00. The molecule has 1 aliphatic rings. The highest BCUT2D eigenvalue weighted by molar-refractivity contribution is 7.99. The van der Waals surface area contributed by atoms with E-state index in [1.54, 1.807) is 16.4 Å². The molecule has 0 saturated carbocycles. The van der Waals surface area contributed by atoms with Gasteiger partial charge < -0.3 is 9.64 Å². The first-order valence-corrected chi connectivity index (χ1v) is 7.35. The molecule has 106 valence electrons. The molecule has 0 spiro atoms. The Morgan fingerprint density at radius 2 is 2.37 bits per heavy atom. The Morgan fingerprint density at radius 3 is 3.05 bits per heavy atom. The molecule has 1 aliphatic heterocycles. The van der Waals surface area contributed by atoms with Crippen molar-refractivity contribution in [3.8, 4) is 0 Å². The maximum Gasteiger partial charge on any atom is 0.309 e. The number of thioether (sulfide) groups is 1. The van der Waals surface area contributed by atoms with Crippen LogP contribution in [0, 0.1) is 5.92 Å². The number of nitrogens with zero attached hydrogens (tertiary/aromatic N) is 5. The van der Waals surface area contributed by atoms with Gasteiger partial charge in [0.25, 0.3) is 0 Å². The molecule has 0 bridgehead atoms. The van der Waals surface area contributed by atoms with Crippen molar-refractivity contribution in [2.24, 2.45) is 5.92 Å². The molecule has 1 saturated heterocycles. The van der Waals surface area contributed by atoms with Crippen LogP contribution in [0.3, 0.4) is 0 Å². The number of tetrazole rings is 1. The molecule has 1 fully saturated rings. The number of aromatic nitrogens is 4. The van der Waals surface area contributed by atoms with Crippen molar-refractivity contribution in [3.05, 3.63) is 0 Å². The first-order valence-electron chi connectivity index (χ1n) is 6.37. The third-order valence-corrected chi connectivity index (χ3v) is 3.99. The van der Waals surface area contributed by atoms with Crippen molar-refractivity contribution < 1.29 is 9.53 Å². The number of carbonyl (C=O) groups is 1. The van der Waals surface area contributed by atoms with E-state index in [0.717, 1.165) is 36.8 Å². The molecule has 8 heteroatoms. The van der Waals surface area contributed by atoms with E-state index in [1.165, 1.54) is 0 Å². The molecule has 1 atom stereocenters. The van der Waals surface area contributed by atoms with E-state index in [-0.39, 0.29) is 11.9 Å². The van der Waals surface area contributed by atoms with E-state index in [1.807, 2.05) is 14.1 Å². The molecule has 0 N–H and O–H groups in total. The van der Waals surface area contributed by atoms with Gasteiger partial charge in [0.15, 0.2) is 0 Å². The normalized spacial score (nSPS) is 19.1. The fraction of sp³-hybridized carbons (Fsp3) is 0.818. The van der Waals surface area contributed by atoms with Crippen molar-refractivity contribution in [3.63, 3.8) is 0 Å². The van der Waals surface area contributed by atoms with Crippen LogP contribution < -0.4 is 0 Å². The van der Waals surface area contributed by atoms with Crippen LogP contribution in [-0.4, -0.2) is 64.1 Å². The summed E-state index contributed by atoms with van der Waals surface area (Å²) in [5, 5.41) is 12.5. The molecular formula is C11H19N5O2S. The largest absolute Gasteiger partial charge is 0.465 e. The third kappa shape index (κ3) is 4.17. The van der Waals surface area contributed by atoms with Gasteiger partial charge in [-0.25, -0.2) is 4.68 Å². The Labute approximate surface area is 116 Å². The Kier molecular flexibility index (Phi) is 5.15. The predicted octanol–water partition coefficient (Wildman–Crippen LogP) is 0.280. The van der Waals surface area contributed by atoms with Crippen LogP contribution in [-0.2, 0) is 16.1 Å². The fourth-order valence-corrected chi connectivity index (χ4v) is 2.78. The molecule has 1 aromatic heterocycles. The molecule has 1 unspecified atom stereocenters. The smallest absolute Gasteiger partial charge is 0.309 e. The van der Waals surface area contributed by atoms with Crippen molar-refractivity contribution in [1.29, 1.82) is 0 Å². The summed E-state index contributed by atoms with van der Waals surface area (Å²) in [5.41, 5.74) is 0. The van der Waals surface area contributed by atoms with Crippen LogP contribution in [0.15, 0.2) is 5.16 Å². The number of likely N-dealkylation sites (N-methyl/N-ethyl adjacent to an activating group) is 1. The van der Waals surface area contributed by atoms with Crippen molar-refractivity contribution in [2.75, 3.05) is 33.0 Å². The number of rotatable bonds is 7. The molecule has 0 amide bonds. The van der Waals surface area contributed by atoms with Gasteiger partial charge in [0.1, 0.15) is 0 Å².